The van der Waals surface area contributed by atoms with Crippen molar-refractivity contribution in [3.63, 3.8) is 0 Å². The summed E-state index contributed by atoms with van der Waals surface area (Å²) >= 11 is 8.88. The van der Waals surface area contributed by atoms with Crippen LogP contribution in [0.1, 0.15) is 22.3 Å². The Balaban J connectivity index is 1.39. The van der Waals surface area contributed by atoms with Crippen molar-refractivity contribution in [3.8, 4) is 5.75 Å². The minimum absolute atomic E-state index is 0.0270. The Morgan fingerprint density at radius 3 is 2.69 bits per heavy atom. The van der Waals surface area contributed by atoms with Gasteiger partial charge in [0.15, 0.2) is 5.17 Å². The van der Waals surface area contributed by atoms with E-state index in [1.807, 2.05) is 61.5 Å². The van der Waals surface area contributed by atoms with Crippen LogP contribution in [-0.4, -0.2) is 27.0 Å². The summed E-state index contributed by atoms with van der Waals surface area (Å²) in [7, 11) is 0. The minimum atomic E-state index is -0.493. The van der Waals surface area contributed by atoms with Gasteiger partial charge >= 0.3 is 0 Å². The lowest BCUT2D eigenvalue weighted by Gasteiger charge is -2.24. The molecule has 0 unspecified atom stereocenters. The standard InChI is InChI=1S/C27H21ClN4O2S2/c1-17-7-5-6-10-19(17)15-34-23-12-11-21(28)13-20(23)14-22-24(29)32-26(30-25(22)33)36-31-27(32)35-16-18-8-3-2-4-9-18/h2-14,29H,15-16H2,1H3/b22-14-,29-24?. The maximum Gasteiger partial charge on any atom is 0.283 e. The minimum Gasteiger partial charge on any atom is -0.488 e. The van der Waals surface area contributed by atoms with Gasteiger partial charge in [0.1, 0.15) is 18.2 Å². The summed E-state index contributed by atoms with van der Waals surface area (Å²) in [6.45, 7) is 2.40. The number of thioether (sulfide) groups is 1. The van der Waals surface area contributed by atoms with Crippen LogP contribution in [0.25, 0.3) is 6.08 Å². The van der Waals surface area contributed by atoms with E-state index >= 15 is 0 Å². The molecule has 0 aromatic heterocycles. The number of hydrogen-bond donors (Lipinski definition) is 1. The maximum atomic E-state index is 12.9. The molecular weight excluding hydrogens is 512 g/mol. The number of aliphatic imine (C=N–C) groups is 1. The molecule has 2 aliphatic rings. The number of benzene rings is 3. The summed E-state index contributed by atoms with van der Waals surface area (Å²) in [6.07, 6.45) is 1.62. The van der Waals surface area contributed by atoms with E-state index in [0.29, 0.717) is 39.0 Å². The lowest BCUT2D eigenvalue weighted by Crippen LogP contribution is -2.41. The summed E-state index contributed by atoms with van der Waals surface area (Å²) < 4.78 is 10.5. The Morgan fingerprint density at radius 2 is 1.89 bits per heavy atom. The molecule has 0 saturated heterocycles. The predicted molar refractivity (Wildman–Crippen MR) is 150 cm³/mol. The molecular formula is C27H21ClN4O2S2. The highest BCUT2D eigenvalue weighted by Gasteiger charge is 2.37. The van der Waals surface area contributed by atoms with E-state index in [4.69, 9.17) is 21.7 Å². The molecule has 0 spiro atoms. The molecule has 0 aliphatic carbocycles. The quantitative estimate of drug-likeness (QED) is 0.281. The molecule has 0 radical (unpaired) electrons. The number of carbonyl (C=O) groups is 1. The molecule has 1 N–H and O–H groups in total. The zero-order chi connectivity index (χ0) is 25.1. The normalized spacial score (nSPS) is 16.2. The zero-order valence-electron chi connectivity index (χ0n) is 19.3. The third-order valence-electron chi connectivity index (χ3n) is 5.62. The topological polar surface area (TPSA) is 78.1 Å². The Morgan fingerprint density at radius 1 is 1.11 bits per heavy atom. The first-order chi connectivity index (χ1) is 17.5. The number of hydrogen-bond acceptors (Lipinski definition) is 6. The first-order valence-electron chi connectivity index (χ1n) is 11.1. The number of amides is 1. The second-order valence-corrected chi connectivity index (χ2v) is 10.2. The summed E-state index contributed by atoms with van der Waals surface area (Å²) in [5.74, 6) is 0.788. The van der Waals surface area contributed by atoms with E-state index in [-0.39, 0.29) is 11.4 Å². The fraction of sp³-hybridized carbons (Fsp3) is 0.111. The van der Waals surface area contributed by atoms with Gasteiger partial charge in [0.2, 0.25) is 5.17 Å². The smallest absolute Gasteiger partial charge is 0.283 e. The van der Waals surface area contributed by atoms with Crippen molar-refractivity contribution in [1.29, 1.82) is 5.41 Å². The second-order valence-electron chi connectivity index (χ2n) is 8.08. The number of nitrogens with one attached hydrogen (secondary N) is 1. The van der Waals surface area contributed by atoms with E-state index in [1.54, 1.807) is 29.2 Å². The van der Waals surface area contributed by atoms with Gasteiger partial charge in [0, 0.05) is 16.3 Å². The molecule has 180 valence electrons. The first-order valence-corrected chi connectivity index (χ1v) is 13.3. The molecule has 36 heavy (non-hydrogen) atoms. The van der Waals surface area contributed by atoms with Crippen molar-refractivity contribution in [2.45, 2.75) is 19.3 Å². The molecule has 2 aliphatic heterocycles. The van der Waals surface area contributed by atoms with Gasteiger partial charge in [-0.3, -0.25) is 10.2 Å². The highest BCUT2D eigenvalue weighted by molar-refractivity contribution is 8.18. The van der Waals surface area contributed by atoms with Crippen molar-refractivity contribution in [2.24, 2.45) is 9.39 Å². The summed E-state index contributed by atoms with van der Waals surface area (Å²) in [5.41, 5.74) is 4.09. The van der Waals surface area contributed by atoms with Gasteiger partial charge in [-0.2, -0.15) is 9.39 Å². The molecule has 9 heteroatoms. The van der Waals surface area contributed by atoms with E-state index in [2.05, 4.69) is 9.39 Å². The maximum absolute atomic E-state index is 12.9. The fourth-order valence-corrected chi connectivity index (χ4v) is 5.64. The van der Waals surface area contributed by atoms with Gasteiger partial charge in [0.25, 0.3) is 5.91 Å². The fourth-order valence-electron chi connectivity index (χ4n) is 3.66. The third kappa shape index (κ3) is 5.26. The van der Waals surface area contributed by atoms with Gasteiger partial charge in [-0.25, -0.2) is 4.90 Å². The number of rotatable bonds is 6. The van der Waals surface area contributed by atoms with Crippen LogP contribution in [0.3, 0.4) is 0 Å². The zero-order valence-corrected chi connectivity index (χ0v) is 21.7. The lowest BCUT2D eigenvalue weighted by molar-refractivity contribution is -0.114. The first kappa shape index (κ1) is 24.4. The lowest BCUT2D eigenvalue weighted by atomic mass is 10.1. The molecule has 3 aromatic carbocycles. The SMILES string of the molecule is Cc1ccccc1COc1ccc(Cl)cc1/C=C1/C(=N)N2C(SCc3ccccc3)=NSC2=NC1=O. The van der Waals surface area contributed by atoms with E-state index < -0.39 is 5.91 Å². The summed E-state index contributed by atoms with van der Waals surface area (Å²) in [5, 5.41) is 10.3. The predicted octanol–water partition coefficient (Wildman–Crippen LogP) is 6.74. The van der Waals surface area contributed by atoms with Gasteiger partial charge < -0.3 is 4.74 Å². The average Bonchev–Trinajstić information content (AvgIpc) is 3.29. The van der Waals surface area contributed by atoms with Crippen molar-refractivity contribution in [2.75, 3.05) is 0 Å². The summed E-state index contributed by atoms with van der Waals surface area (Å²) in [6, 6.07) is 23.3. The summed E-state index contributed by atoms with van der Waals surface area (Å²) in [4.78, 5) is 18.7. The molecule has 1 amide bonds. The highest BCUT2D eigenvalue weighted by atomic mass is 35.5. The van der Waals surface area contributed by atoms with Crippen molar-refractivity contribution in [3.05, 3.63) is 106 Å². The number of amidine groups is 3. The average molecular weight is 533 g/mol. The Hall–Kier alpha value is -3.33. The van der Waals surface area contributed by atoms with Crippen molar-refractivity contribution < 1.29 is 9.53 Å². The van der Waals surface area contributed by atoms with E-state index in [9.17, 15) is 4.79 Å². The van der Waals surface area contributed by atoms with Gasteiger partial charge in [-0.15, -0.1) is 0 Å². The monoisotopic (exact) mass is 532 g/mol. The van der Waals surface area contributed by atoms with Gasteiger partial charge in [0.05, 0.1) is 17.5 Å². The van der Waals surface area contributed by atoms with Gasteiger partial charge in [-0.05, 0) is 47.9 Å². The number of nitrogens with zero attached hydrogens (tertiary/aromatic N) is 3. The molecule has 6 nitrogen and oxygen atoms in total. The molecule has 3 aromatic rings. The number of ether oxygens (including phenoxy) is 1. The van der Waals surface area contributed by atoms with Crippen LogP contribution in [0.15, 0.2) is 87.8 Å². The molecule has 2 heterocycles. The van der Waals surface area contributed by atoms with Crippen LogP contribution >= 0.6 is 35.3 Å². The van der Waals surface area contributed by atoms with Crippen LogP contribution in [0.4, 0.5) is 0 Å². The third-order valence-corrected chi connectivity index (χ3v) is 7.68. The van der Waals surface area contributed by atoms with E-state index in [0.717, 1.165) is 28.6 Å². The number of halogens is 1. The Labute approximate surface area is 222 Å². The number of fused-ring (bicyclic) bond motifs is 1. The largest absolute Gasteiger partial charge is 0.488 e. The Kier molecular flexibility index (Phi) is 7.27. The molecule has 0 bridgehead atoms. The number of aryl methyl sites for hydroxylation is 1. The van der Waals surface area contributed by atoms with Gasteiger partial charge in [-0.1, -0.05) is 78.0 Å². The van der Waals surface area contributed by atoms with Crippen LogP contribution < -0.4 is 4.74 Å². The second kappa shape index (κ2) is 10.7. The Bertz CT molecular complexity index is 1440. The highest BCUT2D eigenvalue weighted by Crippen LogP contribution is 2.34. The van der Waals surface area contributed by atoms with Crippen molar-refractivity contribution >= 4 is 63.5 Å². The molecule has 0 fully saturated rings. The van der Waals surface area contributed by atoms with Crippen LogP contribution in [0, 0.1) is 12.3 Å². The van der Waals surface area contributed by atoms with Crippen LogP contribution in [-0.2, 0) is 17.2 Å². The van der Waals surface area contributed by atoms with Crippen LogP contribution in [0.5, 0.6) is 5.75 Å². The van der Waals surface area contributed by atoms with Crippen LogP contribution in [0.2, 0.25) is 5.02 Å². The molecule has 0 atom stereocenters. The van der Waals surface area contributed by atoms with E-state index in [1.165, 1.54) is 11.8 Å². The van der Waals surface area contributed by atoms with Crippen molar-refractivity contribution in [1.82, 2.24) is 4.90 Å². The molecule has 0 saturated carbocycles. The number of carbonyl (C=O) groups excluding carboxylic acids is 1. The molecule has 5 rings (SSSR count).